The number of fused-ring (bicyclic) bond motifs is 1. The van der Waals surface area contributed by atoms with Crippen molar-refractivity contribution >= 4 is 17.9 Å². The number of aromatic nitrogens is 1. The van der Waals surface area contributed by atoms with Crippen molar-refractivity contribution in [3.63, 3.8) is 0 Å². The summed E-state index contributed by atoms with van der Waals surface area (Å²) in [4.78, 5) is 9.55. The second kappa shape index (κ2) is 9.57. The Hall–Kier alpha value is -3.15. The Bertz CT molecular complexity index is 978. The van der Waals surface area contributed by atoms with E-state index in [9.17, 15) is 4.39 Å². The van der Waals surface area contributed by atoms with Crippen molar-refractivity contribution < 1.29 is 4.39 Å². The lowest BCUT2D eigenvalue weighted by Gasteiger charge is -2.34. The number of nitrogens with two attached hydrogens (primary N) is 2. The molecule has 1 aromatic carbocycles. The Morgan fingerprint density at radius 2 is 2.03 bits per heavy atom. The number of piperidine rings is 1. The Kier molecular flexibility index (Phi) is 6.87. The maximum absolute atomic E-state index is 14.2. The highest BCUT2D eigenvalue weighted by Gasteiger charge is 2.27. The molecule has 0 atom stereocenters. The van der Waals surface area contributed by atoms with E-state index < -0.39 is 0 Å². The number of hydrogen-bond donors (Lipinski definition) is 3. The molecule has 8 heteroatoms. The van der Waals surface area contributed by atoms with E-state index in [2.05, 4.69) is 14.9 Å². The van der Waals surface area contributed by atoms with E-state index in [0.29, 0.717) is 17.7 Å². The van der Waals surface area contributed by atoms with Gasteiger partial charge >= 0.3 is 0 Å². The number of likely N-dealkylation sites (tertiary alicyclic amines) is 1. The minimum Gasteiger partial charge on any atom is -0.400 e. The molecule has 0 bridgehead atoms. The van der Waals surface area contributed by atoms with E-state index in [-0.39, 0.29) is 11.7 Å². The third-order valence-corrected chi connectivity index (χ3v) is 5.43. The van der Waals surface area contributed by atoms with E-state index in [1.54, 1.807) is 18.5 Å². The standard InChI is InChI=1S/C20H22FN7.C2H6/c21-17-9-13(10-22)1-2-15(17)11-27-7-4-14(5-8-27)18(23)19-16-3-6-25-20(16)26-12-28(19)24;1-2/h1-3,6,9,12,14,25H,4-5,7-8,11,23-24H2;1-2H3/b19-18-;. The summed E-state index contributed by atoms with van der Waals surface area (Å²) in [6.45, 7) is 6.16. The molecule has 1 saturated heterocycles. The second-order valence-corrected chi connectivity index (χ2v) is 7.16. The van der Waals surface area contributed by atoms with Crippen LogP contribution in [0.4, 0.5) is 10.2 Å². The Morgan fingerprint density at radius 1 is 1.30 bits per heavy atom. The van der Waals surface area contributed by atoms with Crippen molar-refractivity contribution in [2.24, 2.45) is 22.5 Å². The molecule has 0 amide bonds. The van der Waals surface area contributed by atoms with Crippen LogP contribution >= 0.6 is 0 Å². The molecule has 30 heavy (non-hydrogen) atoms. The number of nitriles is 1. The van der Waals surface area contributed by atoms with E-state index in [1.807, 2.05) is 32.2 Å². The highest BCUT2D eigenvalue weighted by molar-refractivity contribution is 5.86. The highest BCUT2D eigenvalue weighted by Crippen LogP contribution is 2.35. The first kappa shape index (κ1) is 21.6. The number of nitrogens with zero attached hydrogens (tertiary/aromatic N) is 4. The fourth-order valence-corrected chi connectivity index (χ4v) is 3.86. The average Bonchev–Trinajstić information content (AvgIpc) is 3.25. The van der Waals surface area contributed by atoms with Crippen molar-refractivity contribution in [2.75, 3.05) is 13.1 Å². The minimum absolute atomic E-state index is 0.206. The fourth-order valence-electron chi connectivity index (χ4n) is 3.86. The lowest BCUT2D eigenvalue weighted by molar-refractivity contribution is 0.188. The number of halogens is 1. The molecule has 0 saturated carbocycles. The SMILES string of the molecule is CC.N#Cc1ccc(CN2CCC(/C(N)=C3\c4cc[nH]c4N=CN3N)CC2)c(F)c1. The van der Waals surface area contributed by atoms with Gasteiger partial charge in [0.15, 0.2) is 0 Å². The van der Waals surface area contributed by atoms with Crippen LogP contribution in [0.5, 0.6) is 0 Å². The number of allylic oxidation sites excluding steroid dienone is 1. The number of nitrogens with one attached hydrogen (secondary N) is 1. The number of hydrazine groups is 1. The van der Waals surface area contributed by atoms with Gasteiger partial charge in [0.25, 0.3) is 0 Å². The molecule has 1 aromatic heterocycles. The van der Waals surface area contributed by atoms with E-state index in [4.69, 9.17) is 16.8 Å². The first-order chi connectivity index (χ1) is 14.6. The molecule has 2 aromatic rings. The summed E-state index contributed by atoms with van der Waals surface area (Å²) in [5.74, 6) is 6.72. The topological polar surface area (TPSA) is 110 Å². The Balaban J connectivity index is 0.00000124. The summed E-state index contributed by atoms with van der Waals surface area (Å²) in [5.41, 5.74) is 9.93. The quantitative estimate of drug-likeness (QED) is 0.673. The molecule has 4 rings (SSSR count). The van der Waals surface area contributed by atoms with Gasteiger partial charge < -0.3 is 10.7 Å². The Labute approximate surface area is 176 Å². The summed E-state index contributed by atoms with van der Waals surface area (Å²) < 4.78 is 14.2. The number of rotatable bonds is 3. The van der Waals surface area contributed by atoms with E-state index >= 15 is 0 Å². The van der Waals surface area contributed by atoms with Crippen molar-refractivity contribution in [3.8, 4) is 6.07 Å². The molecule has 0 unspecified atom stereocenters. The minimum atomic E-state index is -0.331. The highest BCUT2D eigenvalue weighted by atomic mass is 19.1. The zero-order valence-electron chi connectivity index (χ0n) is 17.4. The molecule has 0 radical (unpaired) electrons. The normalized spacial score (nSPS) is 18.3. The van der Waals surface area contributed by atoms with Gasteiger partial charge in [-0.2, -0.15) is 5.26 Å². The van der Waals surface area contributed by atoms with Gasteiger partial charge in [0.05, 0.1) is 17.3 Å². The number of aliphatic imine (C=N–C) groups is 1. The largest absolute Gasteiger partial charge is 0.400 e. The van der Waals surface area contributed by atoms with Crippen molar-refractivity contribution in [1.29, 1.82) is 5.26 Å². The van der Waals surface area contributed by atoms with Crippen LogP contribution in [0.1, 0.15) is 43.4 Å². The summed E-state index contributed by atoms with van der Waals surface area (Å²) >= 11 is 0. The molecule has 0 aliphatic carbocycles. The van der Waals surface area contributed by atoms with Crippen LogP contribution in [0, 0.1) is 23.1 Å². The molecule has 2 aliphatic heterocycles. The van der Waals surface area contributed by atoms with Gasteiger partial charge in [-0.3, -0.25) is 9.91 Å². The predicted molar refractivity (Wildman–Crippen MR) is 117 cm³/mol. The summed E-state index contributed by atoms with van der Waals surface area (Å²) in [5, 5.41) is 10.3. The maximum Gasteiger partial charge on any atom is 0.141 e. The van der Waals surface area contributed by atoms with Gasteiger partial charge in [-0.15, -0.1) is 0 Å². The number of H-pyrrole nitrogens is 1. The fraction of sp³-hybridized carbons (Fsp3) is 0.364. The van der Waals surface area contributed by atoms with Crippen LogP contribution in [-0.4, -0.2) is 34.3 Å². The lowest BCUT2D eigenvalue weighted by atomic mass is 9.91. The monoisotopic (exact) mass is 409 g/mol. The zero-order chi connectivity index (χ0) is 21.7. The van der Waals surface area contributed by atoms with Crippen LogP contribution < -0.4 is 11.6 Å². The molecule has 5 N–H and O–H groups in total. The van der Waals surface area contributed by atoms with Gasteiger partial charge in [0, 0.05) is 35.5 Å². The molecule has 1 fully saturated rings. The van der Waals surface area contributed by atoms with Gasteiger partial charge in [-0.05, 0) is 44.1 Å². The first-order valence-corrected chi connectivity index (χ1v) is 10.2. The van der Waals surface area contributed by atoms with Crippen LogP contribution in [0.15, 0.2) is 41.2 Å². The summed E-state index contributed by atoms with van der Waals surface area (Å²) in [6.07, 6.45) is 5.13. The van der Waals surface area contributed by atoms with Gasteiger partial charge in [0.2, 0.25) is 0 Å². The summed E-state index contributed by atoms with van der Waals surface area (Å²) in [7, 11) is 0. The third kappa shape index (κ3) is 4.37. The molecule has 2 aliphatic rings. The van der Waals surface area contributed by atoms with Crippen LogP contribution in [0.25, 0.3) is 5.70 Å². The third-order valence-electron chi connectivity index (χ3n) is 5.43. The van der Waals surface area contributed by atoms with Crippen molar-refractivity contribution in [2.45, 2.75) is 33.2 Å². The first-order valence-electron chi connectivity index (χ1n) is 10.2. The molecule has 0 spiro atoms. The molecule has 7 nitrogen and oxygen atoms in total. The maximum atomic E-state index is 14.2. The zero-order valence-corrected chi connectivity index (χ0v) is 17.4. The molecular formula is C22H28FN7. The van der Waals surface area contributed by atoms with E-state index in [0.717, 1.165) is 48.7 Å². The predicted octanol–water partition coefficient (Wildman–Crippen LogP) is 3.44. The number of hydrogen-bond acceptors (Lipinski definition) is 6. The molecular weight excluding hydrogens is 381 g/mol. The van der Waals surface area contributed by atoms with Crippen molar-refractivity contribution in [3.05, 3.63) is 58.7 Å². The number of benzene rings is 1. The van der Waals surface area contributed by atoms with E-state index in [1.165, 1.54) is 11.1 Å². The van der Waals surface area contributed by atoms with Crippen LogP contribution in [-0.2, 0) is 6.54 Å². The second-order valence-electron chi connectivity index (χ2n) is 7.16. The molecule has 3 heterocycles. The summed E-state index contributed by atoms with van der Waals surface area (Å²) in [6, 6.07) is 8.52. The lowest BCUT2D eigenvalue weighted by Crippen LogP contribution is -2.38. The molecule has 158 valence electrons. The number of aromatic amines is 1. The van der Waals surface area contributed by atoms with Crippen molar-refractivity contribution in [1.82, 2.24) is 14.9 Å². The van der Waals surface area contributed by atoms with Gasteiger partial charge in [-0.1, -0.05) is 19.9 Å². The average molecular weight is 410 g/mol. The Morgan fingerprint density at radius 3 is 2.70 bits per heavy atom. The van der Waals surface area contributed by atoms with Crippen LogP contribution in [0.3, 0.4) is 0 Å². The van der Waals surface area contributed by atoms with Gasteiger partial charge in [-0.25, -0.2) is 15.2 Å². The van der Waals surface area contributed by atoms with Gasteiger partial charge in [0.1, 0.15) is 18.0 Å². The van der Waals surface area contributed by atoms with Crippen LogP contribution in [0.2, 0.25) is 0 Å². The smallest absolute Gasteiger partial charge is 0.141 e.